The van der Waals surface area contributed by atoms with Crippen molar-refractivity contribution in [3.63, 3.8) is 0 Å². The van der Waals surface area contributed by atoms with Crippen LogP contribution in [0.1, 0.15) is 32.8 Å². The highest BCUT2D eigenvalue weighted by Gasteiger charge is 2.69. The average Bonchev–Trinajstić information content (AvgIpc) is 3.03. The van der Waals surface area contributed by atoms with Crippen molar-refractivity contribution >= 4 is 17.8 Å². The number of likely N-dealkylation sites (tertiary alicyclic amines) is 1. The van der Waals surface area contributed by atoms with Crippen molar-refractivity contribution < 1.29 is 28.6 Å². The molecule has 0 spiro atoms. The maximum absolute atomic E-state index is 13.0. The van der Waals surface area contributed by atoms with Gasteiger partial charge in [0.05, 0.1) is 13.7 Å². The van der Waals surface area contributed by atoms with Gasteiger partial charge in [0.2, 0.25) is 11.4 Å². The second kappa shape index (κ2) is 6.30. The zero-order valence-electron chi connectivity index (χ0n) is 15.4. The van der Waals surface area contributed by atoms with Gasteiger partial charge >= 0.3 is 11.9 Å². The number of rotatable bonds is 4. The summed E-state index contributed by atoms with van der Waals surface area (Å²) in [7, 11) is 1.57. The van der Waals surface area contributed by atoms with Crippen LogP contribution in [0.5, 0.6) is 5.75 Å². The van der Waals surface area contributed by atoms with Gasteiger partial charge in [-0.3, -0.25) is 4.79 Å². The second-order valence-electron chi connectivity index (χ2n) is 7.60. The molecule has 3 rings (SSSR count). The SMILES string of the molecule is COc1ccc(CN2C(=O)C[C@H]3COC(=O)[C@]32C(=O)OC(C)(C)C)cc1. The third-order valence-corrected chi connectivity index (χ3v) is 4.68. The average molecular weight is 361 g/mol. The number of benzene rings is 1. The van der Waals surface area contributed by atoms with Crippen LogP contribution in [-0.2, 0) is 30.4 Å². The van der Waals surface area contributed by atoms with Crippen molar-refractivity contribution in [3.05, 3.63) is 29.8 Å². The largest absolute Gasteiger partial charge is 0.497 e. The zero-order valence-corrected chi connectivity index (χ0v) is 15.4. The molecule has 2 heterocycles. The third kappa shape index (κ3) is 2.91. The summed E-state index contributed by atoms with van der Waals surface area (Å²) in [6, 6.07) is 7.12. The molecule has 1 amide bonds. The van der Waals surface area contributed by atoms with Gasteiger partial charge in [0.15, 0.2) is 0 Å². The highest BCUT2D eigenvalue weighted by molar-refractivity contribution is 6.11. The third-order valence-electron chi connectivity index (χ3n) is 4.68. The van der Waals surface area contributed by atoms with Crippen molar-refractivity contribution in [1.82, 2.24) is 4.90 Å². The number of cyclic esters (lactones) is 1. The molecule has 0 aromatic heterocycles. The summed E-state index contributed by atoms with van der Waals surface area (Å²) in [6.45, 7) is 5.33. The van der Waals surface area contributed by atoms with Crippen LogP contribution in [0.4, 0.5) is 0 Å². The Bertz CT molecular complexity index is 735. The standard InChI is InChI=1S/C19H23NO6/c1-18(2,3)26-17(23)19-13(11-25-16(19)22)9-15(21)20(19)10-12-5-7-14(24-4)8-6-12/h5-8,13H,9-11H2,1-4H3/t13-,19-/m0/s1. The van der Waals surface area contributed by atoms with E-state index in [1.54, 1.807) is 52.1 Å². The Morgan fingerprint density at radius 3 is 2.50 bits per heavy atom. The van der Waals surface area contributed by atoms with Gasteiger partial charge in [0.1, 0.15) is 11.4 Å². The van der Waals surface area contributed by atoms with Crippen LogP contribution in [0.3, 0.4) is 0 Å². The predicted molar refractivity (Wildman–Crippen MR) is 91.2 cm³/mol. The predicted octanol–water partition coefficient (Wildman–Crippen LogP) is 1.68. The number of carbonyl (C=O) groups excluding carboxylic acids is 3. The van der Waals surface area contributed by atoms with Crippen LogP contribution >= 0.6 is 0 Å². The molecular weight excluding hydrogens is 338 g/mol. The maximum Gasteiger partial charge on any atom is 0.344 e. The molecule has 140 valence electrons. The number of ether oxygens (including phenoxy) is 3. The summed E-state index contributed by atoms with van der Waals surface area (Å²) in [5.41, 5.74) is -1.71. The number of hydrogen-bond donors (Lipinski definition) is 0. The van der Waals surface area contributed by atoms with Crippen LogP contribution in [0.2, 0.25) is 0 Å². The molecule has 0 saturated carbocycles. The first-order valence-corrected chi connectivity index (χ1v) is 8.52. The van der Waals surface area contributed by atoms with E-state index in [0.717, 1.165) is 5.56 Å². The molecule has 2 fully saturated rings. The number of amides is 1. The minimum absolute atomic E-state index is 0.0446. The fourth-order valence-electron chi connectivity index (χ4n) is 3.47. The highest BCUT2D eigenvalue weighted by Crippen LogP contribution is 2.44. The molecule has 26 heavy (non-hydrogen) atoms. The Kier molecular flexibility index (Phi) is 4.42. The number of hydrogen-bond acceptors (Lipinski definition) is 6. The highest BCUT2D eigenvalue weighted by atomic mass is 16.6. The van der Waals surface area contributed by atoms with Gasteiger partial charge in [-0.2, -0.15) is 0 Å². The molecule has 0 radical (unpaired) electrons. The molecule has 2 aliphatic rings. The normalized spacial score (nSPS) is 25.1. The molecular formula is C19H23NO6. The van der Waals surface area contributed by atoms with Crippen molar-refractivity contribution in [2.24, 2.45) is 5.92 Å². The molecule has 2 aliphatic heterocycles. The van der Waals surface area contributed by atoms with Crippen LogP contribution in [0, 0.1) is 5.92 Å². The van der Waals surface area contributed by atoms with E-state index in [2.05, 4.69) is 0 Å². The number of fused-ring (bicyclic) bond motifs is 1. The van der Waals surface area contributed by atoms with E-state index in [9.17, 15) is 14.4 Å². The van der Waals surface area contributed by atoms with Gasteiger partial charge in [0, 0.05) is 18.9 Å². The molecule has 1 aromatic carbocycles. The summed E-state index contributed by atoms with van der Waals surface area (Å²) in [5, 5.41) is 0. The number of carbonyl (C=O) groups is 3. The van der Waals surface area contributed by atoms with E-state index >= 15 is 0 Å². The minimum Gasteiger partial charge on any atom is -0.497 e. The van der Waals surface area contributed by atoms with Crippen molar-refractivity contribution in [2.75, 3.05) is 13.7 Å². The Morgan fingerprint density at radius 1 is 1.27 bits per heavy atom. The lowest BCUT2D eigenvalue weighted by molar-refractivity contribution is -0.177. The first-order chi connectivity index (χ1) is 12.2. The van der Waals surface area contributed by atoms with Gasteiger partial charge in [0.25, 0.3) is 0 Å². The van der Waals surface area contributed by atoms with Crippen molar-refractivity contribution in [2.45, 2.75) is 44.9 Å². The van der Waals surface area contributed by atoms with Crippen LogP contribution in [-0.4, -0.2) is 47.6 Å². The molecule has 7 heteroatoms. The topological polar surface area (TPSA) is 82.1 Å². The van der Waals surface area contributed by atoms with Crippen molar-refractivity contribution in [1.29, 1.82) is 0 Å². The summed E-state index contributed by atoms with van der Waals surface area (Å²) < 4.78 is 15.8. The van der Waals surface area contributed by atoms with E-state index in [1.165, 1.54) is 4.90 Å². The Morgan fingerprint density at radius 2 is 1.92 bits per heavy atom. The molecule has 2 atom stereocenters. The molecule has 0 N–H and O–H groups in total. The van der Waals surface area contributed by atoms with Gasteiger partial charge < -0.3 is 19.1 Å². The van der Waals surface area contributed by atoms with Crippen LogP contribution < -0.4 is 4.74 Å². The maximum atomic E-state index is 13.0. The Hall–Kier alpha value is -2.57. The summed E-state index contributed by atoms with van der Waals surface area (Å²) in [5.74, 6) is -1.54. The number of methoxy groups -OCH3 is 1. The van der Waals surface area contributed by atoms with Crippen molar-refractivity contribution in [3.8, 4) is 5.75 Å². The second-order valence-corrected chi connectivity index (χ2v) is 7.60. The Balaban J connectivity index is 1.96. The lowest BCUT2D eigenvalue weighted by atomic mass is 9.87. The van der Waals surface area contributed by atoms with Gasteiger partial charge in [-0.1, -0.05) is 12.1 Å². The van der Waals surface area contributed by atoms with E-state index in [0.29, 0.717) is 5.75 Å². The van der Waals surface area contributed by atoms with E-state index < -0.39 is 29.0 Å². The number of nitrogens with zero attached hydrogens (tertiary/aromatic N) is 1. The fraction of sp³-hybridized carbons (Fsp3) is 0.526. The molecule has 0 bridgehead atoms. The van der Waals surface area contributed by atoms with Crippen LogP contribution in [0.25, 0.3) is 0 Å². The summed E-state index contributed by atoms with van der Waals surface area (Å²) >= 11 is 0. The molecule has 7 nitrogen and oxygen atoms in total. The first-order valence-electron chi connectivity index (χ1n) is 8.52. The monoisotopic (exact) mass is 361 g/mol. The Labute approximate surface area is 152 Å². The molecule has 1 aromatic rings. The fourth-order valence-corrected chi connectivity index (χ4v) is 3.47. The quantitative estimate of drug-likeness (QED) is 0.599. The summed E-state index contributed by atoms with van der Waals surface area (Å²) in [4.78, 5) is 39.5. The lowest BCUT2D eigenvalue weighted by Gasteiger charge is -2.35. The number of esters is 2. The van der Waals surface area contributed by atoms with Gasteiger partial charge in [-0.25, -0.2) is 9.59 Å². The molecule has 0 aliphatic carbocycles. The molecule has 2 saturated heterocycles. The van der Waals surface area contributed by atoms with E-state index in [4.69, 9.17) is 14.2 Å². The smallest absolute Gasteiger partial charge is 0.344 e. The summed E-state index contributed by atoms with van der Waals surface area (Å²) in [6.07, 6.45) is 0.0845. The zero-order chi connectivity index (χ0) is 19.1. The van der Waals surface area contributed by atoms with E-state index in [1.807, 2.05) is 0 Å². The minimum atomic E-state index is -1.70. The van der Waals surface area contributed by atoms with E-state index in [-0.39, 0.29) is 25.5 Å². The lowest BCUT2D eigenvalue weighted by Crippen LogP contribution is -2.59. The van der Waals surface area contributed by atoms with Gasteiger partial charge in [-0.15, -0.1) is 0 Å². The first kappa shape index (κ1) is 18.2. The van der Waals surface area contributed by atoms with Crippen LogP contribution in [0.15, 0.2) is 24.3 Å². The molecule has 0 unspecified atom stereocenters. The van der Waals surface area contributed by atoms with Gasteiger partial charge in [-0.05, 0) is 38.5 Å².